The van der Waals surface area contributed by atoms with Gasteiger partial charge in [-0.05, 0) is 38.1 Å². The molecule has 0 aliphatic carbocycles. The van der Waals surface area contributed by atoms with Crippen LogP contribution in [-0.2, 0) is 0 Å². The zero-order chi connectivity index (χ0) is 15.2. The summed E-state index contributed by atoms with van der Waals surface area (Å²) in [5.74, 6) is 0.352. The first-order valence-electron chi connectivity index (χ1n) is 7.70. The Morgan fingerprint density at radius 3 is 2.95 bits per heavy atom. The molecule has 0 bridgehead atoms. The van der Waals surface area contributed by atoms with Gasteiger partial charge in [0.15, 0.2) is 11.5 Å². The van der Waals surface area contributed by atoms with Crippen molar-refractivity contribution < 1.29 is 9.32 Å². The van der Waals surface area contributed by atoms with E-state index in [4.69, 9.17) is 4.52 Å². The van der Waals surface area contributed by atoms with Gasteiger partial charge in [-0.2, -0.15) is 0 Å². The molecule has 1 amide bonds. The summed E-state index contributed by atoms with van der Waals surface area (Å²) in [6.07, 6.45) is 7.20. The van der Waals surface area contributed by atoms with Gasteiger partial charge in [0.25, 0.3) is 5.91 Å². The average Bonchev–Trinajstić information content (AvgIpc) is 3.07. The minimum absolute atomic E-state index is 0.198. The van der Waals surface area contributed by atoms with Gasteiger partial charge in [0.05, 0.1) is 0 Å². The van der Waals surface area contributed by atoms with Gasteiger partial charge < -0.3 is 14.7 Å². The molecule has 1 fully saturated rings. The second-order valence-corrected chi connectivity index (χ2v) is 5.48. The molecule has 2 aromatic rings. The molecule has 1 aliphatic rings. The van der Waals surface area contributed by atoms with E-state index in [0.717, 1.165) is 25.2 Å². The highest BCUT2D eigenvalue weighted by molar-refractivity contribution is 5.93. The molecule has 0 aromatic carbocycles. The number of likely N-dealkylation sites (tertiary alicyclic amines) is 1. The molecule has 1 saturated heterocycles. The Kier molecular flexibility index (Phi) is 4.80. The Hall–Kier alpha value is -2.21. The first kappa shape index (κ1) is 14.7. The highest BCUT2D eigenvalue weighted by atomic mass is 16.5. The number of hydrogen-bond acceptors (Lipinski definition) is 5. The van der Waals surface area contributed by atoms with E-state index in [0.29, 0.717) is 18.0 Å². The number of hydrogen-bond donors (Lipinski definition) is 1. The smallest absolute Gasteiger partial charge is 0.273 e. The molecule has 22 heavy (non-hydrogen) atoms. The number of piperidine rings is 1. The molecule has 116 valence electrons. The number of carbonyl (C=O) groups excluding carboxylic acids is 1. The maximum atomic E-state index is 12.1. The lowest BCUT2D eigenvalue weighted by atomic mass is 10.1. The minimum atomic E-state index is -0.198. The quantitative estimate of drug-likeness (QED) is 0.914. The summed E-state index contributed by atoms with van der Waals surface area (Å²) >= 11 is 0. The molecule has 2 aromatic heterocycles. The lowest BCUT2D eigenvalue weighted by Crippen LogP contribution is -2.37. The van der Waals surface area contributed by atoms with E-state index in [1.165, 1.54) is 19.3 Å². The van der Waals surface area contributed by atoms with Crippen LogP contribution < -0.4 is 5.32 Å². The van der Waals surface area contributed by atoms with E-state index in [1.54, 1.807) is 18.5 Å². The van der Waals surface area contributed by atoms with Crippen molar-refractivity contribution in [3.63, 3.8) is 0 Å². The van der Waals surface area contributed by atoms with E-state index >= 15 is 0 Å². The van der Waals surface area contributed by atoms with Gasteiger partial charge in [0.1, 0.15) is 0 Å². The summed E-state index contributed by atoms with van der Waals surface area (Å²) in [6, 6.07) is 5.33. The van der Waals surface area contributed by atoms with E-state index in [2.05, 4.69) is 20.4 Å². The molecule has 0 spiro atoms. The highest BCUT2D eigenvalue weighted by Crippen LogP contribution is 2.18. The standard InChI is InChI=1S/C16H20N4O2/c21-16(18-7-10-20-8-2-1-3-9-20)14-11-15(22-19-14)13-5-4-6-17-12-13/h4-6,11-12H,1-3,7-10H2,(H,18,21). The van der Waals surface area contributed by atoms with Crippen molar-refractivity contribution in [2.45, 2.75) is 19.3 Å². The van der Waals surface area contributed by atoms with Gasteiger partial charge in [-0.3, -0.25) is 9.78 Å². The molecule has 0 radical (unpaired) electrons. The fraction of sp³-hybridized carbons (Fsp3) is 0.438. The second-order valence-electron chi connectivity index (χ2n) is 5.48. The van der Waals surface area contributed by atoms with Crippen LogP contribution in [0.2, 0.25) is 0 Å². The van der Waals surface area contributed by atoms with Crippen molar-refractivity contribution >= 4 is 5.91 Å². The van der Waals surface area contributed by atoms with Crippen LogP contribution in [0.25, 0.3) is 11.3 Å². The molecular formula is C16H20N4O2. The van der Waals surface area contributed by atoms with Crippen LogP contribution in [0.3, 0.4) is 0 Å². The number of nitrogens with one attached hydrogen (secondary N) is 1. The SMILES string of the molecule is O=C(NCCN1CCCCC1)c1cc(-c2cccnc2)on1. The lowest BCUT2D eigenvalue weighted by Gasteiger charge is -2.26. The van der Waals surface area contributed by atoms with Crippen LogP contribution in [-0.4, -0.2) is 47.1 Å². The zero-order valence-corrected chi connectivity index (χ0v) is 12.5. The Bertz CT molecular complexity index is 606. The Morgan fingerprint density at radius 1 is 1.32 bits per heavy atom. The van der Waals surface area contributed by atoms with Gasteiger partial charge >= 0.3 is 0 Å². The molecule has 0 saturated carbocycles. The largest absolute Gasteiger partial charge is 0.355 e. The topological polar surface area (TPSA) is 71.3 Å². The van der Waals surface area contributed by atoms with Crippen LogP contribution >= 0.6 is 0 Å². The molecule has 1 N–H and O–H groups in total. The van der Waals surface area contributed by atoms with Crippen LogP contribution in [0.5, 0.6) is 0 Å². The molecule has 6 heteroatoms. The van der Waals surface area contributed by atoms with Crippen LogP contribution in [0.15, 0.2) is 35.1 Å². The summed E-state index contributed by atoms with van der Waals surface area (Å²) < 4.78 is 5.21. The van der Waals surface area contributed by atoms with E-state index < -0.39 is 0 Å². The van der Waals surface area contributed by atoms with E-state index in [9.17, 15) is 4.79 Å². The molecular weight excluding hydrogens is 280 g/mol. The molecule has 3 rings (SSSR count). The number of rotatable bonds is 5. The molecule has 3 heterocycles. The van der Waals surface area contributed by atoms with Crippen molar-refractivity contribution in [3.05, 3.63) is 36.3 Å². The van der Waals surface area contributed by atoms with Crippen molar-refractivity contribution in [1.29, 1.82) is 0 Å². The van der Waals surface area contributed by atoms with E-state index in [-0.39, 0.29) is 5.91 Å². The van der Waals surface area contributed by atoms with Crippen molar-refractivity contribution in [1.82, 2.24) is 20.4 Å². The molecule has 6 nitrogen and oxygen atoms in total. The fourth-order valence-corrected chi connectivity index (χ4v) is 2.63. The van der Waals surface area contributed by atoms with E-state index in [1.807, 2.05) is 12.1 Å². The number of aromatic nitrogens is 2. The van der Waals surface area contributed by atoms with Gasteiger partial charge in [0, 0.05) is 37.1 Å². The predicted molar refractivity (Wildman–Crippen MR) is 82.4 cm³/mol. The average molecular weight is 300 g/mol. The third kappa shape index (κ3) is 3.71. The lowest BCUT2D eigenvalue weighted by molar-refractivity contribution is 0.0937. The maximum absolute atomic E-state index is 12.1. The fourth-order valence-electron chi connectivity index (χ4n) is 2.63. The van der Waals surface area contributed by atoms with Gasteiger partial charge in [0.2, 0.25) is 0 Å². The number of carbonyl (C=O) groups is 1. The monoisotopic (exact) mass is 300 g/mol. The molecule has 0 unspecified atom stereocenters. The van der Waals surface area contributed by atoms with Crippen molar-refractivity contribution in [3.8, 4) is 11.3 Å². The normalized spacial score (nSPS) is 15.6. The Morgan fingerprint density at radius 2 is 2.18 bits per heavy atom. The van der Waals surface area contributed by atoms with Gasteiger partial charge in [-0.1, -0.05) is 11.6 Å². The van der Waals surface area contributed by atoms with Crippen LogP contribution in [0, 0.1) is 0 Å². The van der Waals surface area contributed by atoms with Gasteiger partial charge in [-0.25, -0.2) is 0 Å². The van der Waals surface area contributed by atoms with Crippen LogP contribution in [0.4, 0.5) is 0 Å². The molecule has 1 aliphatic heterocycles. The first-order valence-corrected chi connectivity index (χ1v) is 7.70. The van der Waals surface area contributed by atoms with Crippen LogP contribution in [0.1, 0.15) is 29.8 Å². The Labute approximate surface area is 129 Å². The van der Waals surface area contributed by atoms with Crippen molar-refractivity contribution in [2.24, 2.45) is 0 Å². The first-order chi connectivity index (χ1) is 10.8. The third-order valence-corrected chi connectivity index (χ3v) is 3.85. The van der Waals surface area contributed by atoms with Gasteiger partial charge in [-0.15, -0.1) is 0 Å². The maximum Gasteiger partial charge on any atom is 0.273 e. The zero-order valence-electron chi connectivity index (χ0n) is 12.5. The number of nitrogens with zero attached hydrogens (tertiary/aromatic N) is 3. The molecule has 0 atom stereocenters. The number of amides is 1. The minimum Gasteiger partial charge on any atom is -0.355 e. The summed E-state index contributed by atoms with van der Waals surface area (Å²) in [6.45, 7) is 3.78. The summed E-state index contributed by atoms with van der Waals surface area (Å²) in [4.78, 5) is 18.5. The Balaban J connectivity index is 1.51. The highest BCUT2D eigenvalue weighted by Gasteiger charge is 2.14. The predicted octanol–water partition coefficient (Wildman–Crippen LogP) is 1.95. The van der Waals surface area contributed by atoms with Crippen molar-refractivity contribution in [2.75, 3.05) is 26.2 Å². The summed E-state index contributed by atoms with van der Waals surface area (Å²) in [5, 5.41) is 6.72. The summed E-state index contributed by atoms with van der Waals surface area (Å²) in [5.41, 5.74) is 1.11. The third-order valence-electron chi connectivity index (χ3n) is 3.85. The summed E-state index contributed by atoms with van der Waals surface area (Å²) in [7, 11) is 0. The second kappa shape index (κ2) is 7.17. The number of pyridine rings is 1.